The Morgan fingerprint density at radius 1 is 1.19 bits per heavy atom. The number of hydrogen-bond acceptors (Lipinski definition) is 5. The van der Waals surface area contributed by atoms with E-state index in [1.165, 1.54) is 61.1 Å². The predicted octanol–water partition coefficient (Wildman–Crippen LogP) is 2.27. The summed E-state index contributed by atoms with van der Waals surface area (Å²) in [6.07, 6.45) is 3.50. The highest BCUT2D eigenvalue weighted by atomic mass is 32.1. The van der Waals surface area contributed by atoms with Gasteiger partial charge in [-0.3, -0.25) is 9.80 Å². The molecule has 3 aliphatic heterocycles. The summed E-state index contributed by atoms with van der Waals surface area (Å²) in [5, 5.41) is 4.90. The van der Waals surface area contributed by atoms with E-state index in [9.17, 15) is 0 Å². The number of aromatic nitrogens is 1. The highest BCUT2D eigenvalue weighted by Crippen LogP contribution is 2.33. The van der Waals surface area contributed by atoms with Gasteiger partial charge in [-0.2, -0.15) is 0 Å². The number of nitrogens with zero attached hydrogens (tertiary/aromatic N) is 3. The molecule has 5 heteroatoms. The Labute approximate surface area is 132 Å². The molecule has 0 aromatic carbocycles. The third-order valence-electron chi connectivity index (χ3n) is 4.56. The summed E-state index contributed by atoms with van der Waals surface area (Å²) < 4.78 is 0. The third kappa shape index (κ3) is 3.47. The van der Waals surface area contributed by atoms with E-state index in [4.69, 9.17) is 4.98 Å². The number of piperazine rings is 3. The van der Waals surface area contributed by atoms with E-state index < -0.39 is 0 Å². The van der Waals surface area contributed by atoms with Crippen LogP contribution in [-0.2, 0) is 13.0 Å². The second-order valence-corrected chi connectivity index (χ2v) is 7.32. The van der Waals surface area contributed by atoms with Crippen LogP contribution in [0.5, 0.6) is 0 Å². The molecule has 0 saturated carbocycles. The number of hydrogen-bond donors (Lipinski definition) is 1. The fraction of sp³-hybridized carbons (Fsp3) is 0.812. The Morgan fingerprint density at radius 3 is 2.62 bits per heavy atom. The van der Waals surface area contributed by atoms with E-state index in [0.29, 0.717) is 6.04 Å². The van der Waals surface area contributed by atoms with Crippen LogP contribution in [-0.4, -0.2) is 54.1 Å². The normalized spacial score (nSPS) is 28.2. The molecule has 3 aliphatic rings. The van der Waals surface area contributed by atoms with Gasteiger partial charge in [-0.05, 0) is 19.4 Å². The quantitative estimate of drug-likeness (QED) is 0.783. The smallest absolute Gasteiger partial charge is 0.112 e. The van der Waals surface area contributed by atoms with Gasteiger partial charge >= 0.3 is 0 Å². The van der Waals surface area contributed by atoms with Crippen LogP contribution in [0.4, 0.5) is 0 Å². The summed E-state index contributed by atoms with van der Waals surface area (Å²) in [6, 6.07) is 0.549. The molecule has 3 fully saturated rings. The molecule has 4 rings (SSSR count). The predicted molar refractivity (Wildman–Crippen MR) is 88.9 cm³/mol. The molecular formula is C16H28N4S. The molecule has 3 saturated heterocycles. The zero-order valence-electron chi connectivity index (χ0n) is 13.4. The lowest BCUT2D eigenvalue weighted by atomic mass is 10.1. The van der Waals surface area contributed by atoms with Crippen LogP contribution in [0, 0.1) is 0 Å². The first kappa shape index (κ1) is 15.4. The van der Waals surface area contributed by atoms with Gasteiger partial charge in [-0.1, -0.05) is 20.3 Å². The van der Waals surface area contributed by atoms with E-state index >= 15 is 0 Å². The van der Waals surface area contributed by atoms with Crippen molar-refractivity contribution in [3.05, 3.63) is 15.6 Å². The Morgan fingerprint density at radius 2 is 2.00 bits per heavy atom. The molecule has 118 valence electrons. The van der Waals surface area contributed by atoms with Gasteiger partial charge < -0.3 is 5.32 Å². The molecule has 0 aliphatic carbocycles. The maximum atomic E-state index is 5.03. The van der Waals surface area contributed by atoms with E-state index in [2.05, 4.69) is 29.0 Å². The molecule has 0 amide bonds. The number of thiazole rings is 1. The zero-order chi connectivity index (χ0) is 14.7. The van der Waals surface area contributed by atoms with E-state index in [1.807, 2.05) is 11.3 Å². The van der Waals surface area contributed by atoms with Crippen molar-refractivity contribution < 1.29 is 0 Å². The van der Waals surface area contributed by atoms with Crippen molar-refractivity contribution in [1.29, 1.82) is 0 Å². The minimum Gasteiger partial charge on any atom is -0.312 e. The summed E-state index contributed by atoms with van der Waals surface area (Å²) in [4.78, 5) is 11.7. The summed E-state index contributed by atoms with van der Waals surface area (Å²) in [5.41, 5.74) is 1.35. The van der Waals surface area contributed by atoms with Gasteiger partial charge in [0.15, 0.2) is 0 Å². The van der Waals surface area contributed by atoms with Crippen LogP contribution in [0.3, 0.4) is 0 Å². The van der Waals surface area contributed by atoms with Crippen LogP contribution in [0.15, 0.2) is 0 Å². The first-order valence-electron chi connectivity index (χ1n) is 8.47. The maximum Gasteiger partial charge on any atom is 0.112 e. The van der Waals surface area contributed by atoms with Crippen molar-refractivity contribution in [2.24, 2.45) is 0 Å². The van der Waals surface area contributed by atoms with E-state index in [0.717, 1.165) is 19.5 Å². The van der Waals surface area contributed by atoms with E-state index in [1.54, 1.807) is 0 Å². The lowest BCUT2D eigenvalue weighted by molar-refractivity contribution is 0.0122. The van der Waals surface area contributed by atoms with Gasteiger partial charge in [0.05, 0.1) is 11.7 Å². The fourth-order valence-corrected chi connectivity index (χ4v) is 4.55. The van der Waals surface area contributed by atoms with Crippen molar-refractivity contribution in [1.82, 2.24) is 20.1 Å². The monoisotopic (exact) mass is 308 g/mol. The second kappa shape index (κ2) is 7.18. The molecule has 1 atom stereocenters. The number of nitrogens with one attached hydrogen (secondary N) is 1. The molecule has 1 unspecified atom stereocenters. The van der Waals surface area contributed by atoms with Crippen molar-refractivity contribution in [3.8, 4) is 0 Å². The van der Waals surface area contributed by atoms with Gasteiger partial charge in [0.1, 0.15) is 5.01 Å². The van der Waals surface area contributed by atoms with Gasteiger partial charge in [0, 0.05) is 44.1 Å². The van der Waals surface area contributed by atoms with Crippen LogP contribution < -0.4 is 5.32 Å². The molecule has 4 nitrogen and oxygen atoms in total. The third-order valence-corrected chi connectivity index (χ3v) is 5.76. The Bertz CT molecular complexity index is 451. The summed E-state index contributed by atoms with van der Waals surface area (Å²) in [6.45, 7) is 12.7. The van der Waals surface area contributed by atoms with Gasteiger partial charge in [-0.25, -0.2) is 4.98 Å². The summed E-state index contributed by atoms with van der Waals surface area (Å²) >= 11 is 1.95. The van der Waals surface area contributed by atoms with Crippen LogP contribution >= 0.6 is 11.3 Å². The molecule has 21 heavy (non-hydrogen) atoms. The minimum atomic E-state index is 0.549. The molecule has 0 spiro atoms. The lowest BCUT2D eigenvalue weighted by Gasteiger charge is -2.46. The minimum absolute atomic E-state index is 0.549. The molecule has 2 bridgehead atoms. The molecule has 0 radical (unpaired) electrons. The lowest BCUT2D eigenvalue weighted by Crippen LogP contribution is -2.56. The number of rotatable bonds is 7. The van der Waals surface area contributed by atoms with Crippen molar-refractivity contribution >= 4 is 11.3 Å². The molecule has 1 N–H and O–H groups in total. The van der Waals surface area contributed by atoms with Gasteiger partial charge in [-0.15, -0.1) is 11.3 Å². The van der Waals surface area contributed by atoms with Crippen LogP contribution in [0.1, 0.15) is 48.3 Å². The Kier molecular flexibility index (Phi) is 5.27. The largest absolute Gasteiger partial charge is 0.312 e. The highest BCUT2D eigenvalue weighted by molar-refractivity contribution is 7.11. The fourth-order valence-electron chi connectivity index (χ4n) is 3.35. The zero-order valence-corrected chi connectivity index (χ0v) is 14.2. The molecule has 1 aromatic rings. The van der Waals surface area contributed by atoms with Gasteiger partial charge in [0.2, 0.25) is 0 Å². The van der Waals surface area contributed by atoms with E-state index in [-0.39, 0.29) is 0 Å². The Balaban J connectivity index is 1.74. The SMILES string of the molecule is CCCNCc1sc(C2CN3CCN2CC3)nc1CCC. The maximum absolute atomic E-state index is 5.03. The number of aryl methyl sites for hydroxylation is 1. The molecular weight excluding hydrogens is 280 g/mol. The first-order chi connectivity index (χ1) is 10.3. The van der Waals surface area contributed by atoms with Crippen molar-refractivity contribution in [2.45, 2.75) is 45.7 Å². The highest BCUT2D eigenvalue weighted by Gasteiger charge is 2.34. The summed E-state index contributed by atoms with van der Waals surface area (Å²) in [5.74, 6) is 0. The first-order valence-corrected chi connectivity index (χ1v) is 9.29. The standard InChI is InChI=1S/C16H28N4S/c1-3-5-13-15(11-17-6-4-2)21-16(18-13)14-12-19-7-9-20(14)10-8-19/h14,17H,3-12H2,1-2H3. The van der Waals surface area contributed by atoms with Crippen LogP contribution in [0.25, 0.3) is 0 Å². The van der Waals surface area contributed by atoms with Crippen molar-refractivity contribution in [2.75, 3.05) is 39.3 Å². The average Bonchev–Trinajstić information content (AvgIpc) is 2.92. The molecule has 4 heterocycles. The van der Waals surface area contributed by atoms with Crippen molar-refractivity contribution in [3.63, 3.8) is 0 Å². The van der Waals surface area contributed by atoms with Gasteiger partial charge in [0.25, 0.3) is 0 Å². The second-order valence-electron chi connectivity index (χ2n) is 6.20. The molecule has 1 aromatic heterocycles. The topological polar surface area (TPSA) is 31.4 Å². The summed E-state index contributed by atoms with van der Waals surface area (Å²) in [7, 11) is 0. The Hall–Kier alpha value is -0.490. The average molecular weight is 308 g/mol. The van der Waals surface area contributed by atoms with Crippen LogP contribution in [0.2, 0.25) is 0 Å². The number of fused-ring (bicyclic) bond motifs is 3.